The Hall–Kier alpha value is -1.92. The fraction of sp³-hybridized carbons (Fsp3) is 0.500. The summed E-state index contributed by atoms with van der Waals surface area (Å²) in [7, 11) is 0. The molecule has 2 aromatic heterocycles. The largest absolute Gasteiger partial charge is 0.371 e. The Morgan fingerprint density at radius 2 is 1.88 bits per heavy atom. The number of hydrogen-bond acceptors (Lipinski definition) is 5. The maximum Gasteiger partial charge on any atom is 0.272 e. The van der Waals surface area contributed by atoms with Gasteiger partial charge >= 0.3 is 0 Å². The van der Waals surface area contributed by atoms with Gasteiger partial charge in [-0.15, -0.1) is 0 Å². The summed E-state index contributed by atoms with van der Waals surface area (Å²) in [5.74, 6) is 0.0638. The van der Waals surface area contributed by atoms with Crippen LogP contribution in [0.15, 0.2) is 35.2 Å². The number of anilines is 1. The molecule has 2 fully saturated rings. The molecule has 2 saturated heterocycles. The van der Waals surface area contributed by atoms with Gasteiger partial charge in [-0.1, -0.05) is 0 Å². The monoisotopic (exact) mass is 370 g/mol. The number of piperazine rings is 1. The zero-order valence-electron chi connectivity index (χ0n) is 15.3. The third-order valence-corrected chi connectivity index (χ3v) is 6.31. The third kappa shape index (κ3) is 3.62. The van der Waals surface area contributed by atoms with Gasteiger partial charge in [0.05, 0.1) is 0 Å². The Morgan fingerprint density at radius 3 is 2.58 bits per heavy atom. The molecule has 2 aromatic rings. The van der Waals surface area contributed by atoms with Gasteiger partial charge in [0.25, 0.3) is 5.91 Å². The first-order valence-corrected chi connectivity index (χ1v) is 10.4. The minimum absolute atomic E-state index is 0.0638. The molecule has 0 bridgehead atoms. The van der Waals surface area contributed by atoms with E-state index in [0.717, 1.165) is 45.0 Å². The maximum atomic E-state index is 12.9. The van der Waals surface area contributed by atoms with Crippen LogP contribution in [0.4, 0.5) is 5.69 Å². The van der Waals surface area contributed by atoms with E-state index in [-0.39, 0.29) is 5.91 Å². The van der Waals surface area contributed by atoms with Crippen molar-refractivity contribution in [1.82, 2.24) is 14.8 Å². The van der Waals surface area contributed by atoms with Crippen LogP contribution in [0.25, 0.3) is 0 Å². The second-order valence-corrected chi connectivity index (χ2v) is 7.93. The molecule has 0 N–H and O–H groups in total. The molecule has 0 aromatic carbocycles. The van der Waals surface area contributed by atoms with Crippen molar-refractivity contribution in [3.63, 3.8) is 0 Å². The second kappa shape index (κ2) is 7.76. The standard InChI is InChI=1S/C20H26N4OS/c1-16(17-5-13-26-15-17)22-9-11-24(12-10-22)20(25)19-14-18(4-6-21-19)23-7-2-3-8-23/h4-6,13-16H,2-3,7-12H2,1H3. The van der Waals surface area contributed by atoms with E-state index in [1.54, 1.807) is 17.5 Å². The van der Waals surface area contributed by atoms with Crippen molar-refractivity contribution in [2.24, 2.45) is 0 Å². The first-order chi connectivity index (χ1) is 12.7. The molecule has 4 rings (SSSR count). The van der Waals surface area contributed by atoms with Crippen LogP contribution in [0.3, 0.4) is 0 Å². The van der Waals surface area contributed by atoms with E-state index in [0.29, 0.717) is 11.7 Å². The van der Waals surface area contributed by atoms with Gasteiger partial charge in [-0.05, 0) is 54.3 Å². The smallest absolute Gasteiger partial charge is 0.272 e. The maximum absolute atomic E-state index is 12.9. The molecule has 0 saturated carbocycles. The molecule has 4 heterocycles. The molecule has 1 amide bonds. The van der Waals surface area contributed by atoms with Crippen molar-refractivity contribution < 1.29 is 4.79 Å². The summed E-state index contributed by atoms with van der Waals surface area (Å²) in [5.41, 5.74) is 3.08. The Morgan fingerprint density at radius 1 is 1.12 bits per heavy atom. The molecule has 138 valence electrons. The Kier molecular flexibility index (Phi) is 5.22. The molecule has 0 spiro atoms. The lowest BCUT2D eigenvalue weighted by atomic mass is 10.1. The summed E-state index contributed by atoms with van der Waals surface area (Å²) in [6.45, 7) is 7.77. The van der Waals surface area contributed by atoms with Crippen molar-refractivity contribution in [2.75, 3.05) is 44.2 Å². The summed E-state index contributed by atoms with van der Waals surface area (Å²) in [5, 5.41) is 4.35. The summed E-state index contributed by atoms with van der Waals surface area (Å²) < 4.78 is 0. The van der Waals surface area contributed by atoms with Gasteiger partial charge in [-0.25, -0.2) is 0 Å². The van der Waals surface area contributed by atoms with Crippen molar-refractivity contribution >= 4 is 22.9 Å². The highest BCUT2D eigenvalue weighted by molar-refractivity contribution is 7.07. The van der Waals surface area contributed by atoms with E-state index < -0.39 is 0 Å². The van der Waals surface area contributed by atoms with E-state index in [4.69, 9.17) is 0 Å². The van der Waals surface area contributed by atoms with Crippen LogP contribution >= 0.6 is 11.3 Å². The minimum Gasteiger partial charge on any atom is -0.371 e. The molecular weight excluding hydrogens is 344 g/mol. The topological polar surface area (TPSA) is 39.7 Å². The van der Waals surface area contributed by atoms with Crippen LogP contribution in [0.5, 0.6) is 0 Å². The van der Waals surface area contributed by atoms with Gasteiger partial charge < -0.3 is 9.80 Å². The first kappa shape index (κ1) is 17.5. The molecule has 0 aliphatic carbocycles. The summed E-state index contributed by atoms with van der Waals surface area (Å²) >= 11 is 1.74. The van der Waals surface area contributed by atoms with Crippen molar-refractivity contribution in [3.05, 3.63) is 46.4 Å². The van der Waals surface area contributed by atoms with Crippen LogP contribution in [-0.2, 0) is 0 Å². The van der Waals surface area contributed by atoms with E-state index in [1.165, 1.54) is 18.4 Å². The SMILES string of the molecule is CC(c1ccsc1)N1CCN(C(=O)c2cc(N3CCCC3)ccn2)CC1. The molecule has 2 aliphatic heterocycles. The molecule has 0 radical (unpaired) electrons. The molecule has 1 atom stereocenters. The van der Waals surface area contributed by atoms with Gasteiger partial charge in [0, 0.05) is 57.2 Å². The van der Waals surface area contributed by atoms with Gasteiger partial charge in [-0.2, -0.15) is 11.3 Å². The number of pyridine rings is 1. The second-order valence-electron chi connectivity index (χ2n) is 7.15. The van der Waals surface area contributed by atoms with Gasteiger partial charge in [-0.3, -0.25) is 14.7 Å². The highest BCUT2D eigenvalue weighted by Crippen LogP contribution is 2.24. The fourth-order valence-electron chi connectivity index (χ4n) is 3.91. The molecule has 26 heavy (non-hydrogen) atoms. The molecular formula is C20H26N4OS. The zero-order chi connectivity index (χ0) is 17.9. The number of thiophene rings is 1. The lowest BCUT2D eigenvalue weighted by Crippen LogP contribution is -2.49. The Balaban J connectivity index is 1.38. The van der Waals surface area contributed by atoms with Crippen LogP contribution in [0, 0.1) is 0 Å². The molecule has 2 aliphatic rings. The fourth-order valence-corrected chi connectivity index (χ4v) is 4.65. The van der Waals surface area contributed by atoms with Crippen LogP contribution in [0.1, 0.15) is 41.9 Å². The number of rotatable bonds is 4. The van der Waals surface area contributed by atoms with Crippen LogP contribution < -0.4 is 4.90 Å². The van der Waals surface area contributed by atoms with Gasteiger partial charge in [0.1, 0.15) is 5.69 Å². The van der Waals surface area contributed by atoms with Crippen LogP contribution in [-0.4, -0.2) is 60.0 Å². The van der Waals surface area contributed by atoms with E-state index >= 15 is 0 Å². The Labute approximate surface area is 159 Å². The third-order valence-electron chi connectivity index (χ3n) is 5.61. The average Bonchev–Trinajstić information content (AvgIpc) is 3.41. The lowest BCUT2D eigenvalue weighted by molar-refractivity contribution is 0.0577. The first-order valence-electron chi connectivity index (χ1n) is 9.49. The van der Waals surface area contributed by atoms with Crippen LogP contribution in [0.2, 0.25) is 0 Å². The molecule has 1 unspecified atom stereocenters. The number of carbonyl (C=O) groups excluding carboxylic acids is 1. The number of aromatic nitrogens is 1. The number of nitrogens with zero attached hydrogens (tertiary/aromatic N) is 4. The summed E-state index contributed by atoms with van der Waals surface area (Å²) in [4.78, 5) is 24.0. The number of hydrogen-bond donors (Lipinski definition) is 0. The summed E-state index contributed by atoms with van der Waals surface area (Å²) in [6, 6.07) is 6.59. The minimum atomic E-state index is 0.0638. The number of carbonyl (C=O) groups is 1. The molecule has 5 nitrogen and oxygen atoms in total. The van der Waals surface area contributed by atoms with Gasteiger partial charge in [0.2, 0.25) is 0 Å². The Bertz CT molecular complexity index is 734. The highest BCUT2D eigenvalue weighted by atomic mass is 32.1. The average molecular weight is 371 g/mol. The van der Waals surface area contributed by atoms with Crippen molar-refractivity contribution in [2.45, 2.75) is 25.8 Å². The zero-order valence-corrected chi connectivity index (χ0v) is 16.1. The molecule has 6 heteroatoms. The predicted molar refractivity (Wildman–Crippen MR) is 106 cm³/mol. The van der Waals surface area contributed by atoms with E-state index in [2.05, 4.69) is 38.5 Å². The van der Waals surface area contributed by atoms with E-state index in [1.807, 2.05) is 17.0 Å². The highest BCUT2D eigenvalue weighted by Gasteiger charge is 2.26. The van der Waals surface area contributed by atoms with Crippen molar-refractivity contribution in [3.8, 4) is 0 Å². The lowest BCUT2D eigenvalue weighted by Gasteiger charge is -2.37. The quantitative estimate of drug-likeness (QED) is 0.828. The normalized spacial score (nSPS) is 19.7. The number of amides is 1. The van der Waals surface area contributed by atoms with Gasteiger partial charge in [0.15, 0.2) is 0 Å². The summed E-state index contributed by atoms with van der Waals surface area (Å²) in [6.07, 6.45) is 4.24. The van der Waals surface area contributed by atoms with Crippen molar-refractivity contribution in [1.29, 1.82) is 0 Å². The van der Waals surface area contributed by atoms with E-state index in [9.17, 15) is 4.79 Å². The predicted octanol–water partition coefficient (Wildman–Crippen LogP) is 3.26.